The highest BCUT2D eigenvalue weighted by molar-refractivity contribution is 5.98. The molecule has 1 aromatic carbocycles. The van der Waals surface area contributed by atoms with Crippen molar-refractivity contribution in [3.05, 3.63) is 24.3 Å². The lowest BCUT2D eigenvalue weighted by molar-refractivity contribution is -0.273. The zero-order valence-corrected chi connectivity index (χ0v) is 10.8. The predicted molar refractivity (Wildman–Crippen MR) is 64.5 cm³/mol. The van der Waals surface area contributed by atoms with E-state index >= 15 is 0 Å². The van der Waals surface area contributed by atoms with Gasteiger partial charge in [0.15, 0.2) is 0 Å². The number of para-hydroxylation sites is 2. The zero-order valence-electron chi connectivity index (χ0n) is 10.8. The number of benzene rings is 1. The van der Waals surface area contributed by atoms with Gasteiger partial charge in [0.1, 0.15) is 0 Å². The first-order valence-electron chi connectivity index (χ1n) is 5.79. The van der Waals surface area contributed by atoms with E-state index in [9.17, 15) is 31.1 Å². The summed E-state index contributed by atoms with van der Waals surface area (Å²) in [5.74, 6) is -6.18. The topological polar surface area (TPSA) is 46.3 Å². The number of amides is 1. The molecule has 21 heavy (non-hydrogen) atoms. The highest BCUT2D eigenvalue weighted by atomic mass is 19.4. The van der Waals surface area contributed by atoms with Gasteiger partial charge in [0.05, 0.1) is 11.4 Å². The Balaban J connectivity index is 3.27. The molecule has 0 fully saturated rings. The van der Waals surface area contributed by atoms with Crippen molar-refractivity contribution >= 4 is 17.3 Å². The molecule has 0 atom stereocenters. The van der Waals surface area contributed by atoms with E-state index in [1.807, 2.05) is 0 Å². The van der Waals surface area contributed by atoms with Crippen molar-refractivity contribution in [1.29, 1.82) is 0 Å². The standard InChI is InChI=1S/C12H12F6N2O/c1-2-20(8-6-4-3-5-7(8)19)10(21)9(11(13,14)15)12(16,17)18/h3-6,9H,2,19H2,1H3. The molecule has 0 saturated carbocycles. The number of hydrogen-bond acceptors (Lipinski definition) is 2. The number of nitrogen functional groups attached to an aromatic ring is 1. The number of anilines is 2. The molecule has 3 nitrogen and oxygen atoms in total. The van der Waals surface area contributed by atoms with E-state index in [1.165, 1.54) is 31.2 Å². The maximum absolute atomic E-state index is 12.6. The minimum absolute atomic E-state index is 0.0872. The summed E-state index contributed by atoms with van der Waals surface area (Å²) in [5.41, 5.74) is 5.22. The lowest BCUT2D eigenvalue weighted by Gasteiger charge is -2.29. The third-order valence-corrected chi connectivity index (χ3v) is 2.71. The Labute approximate surface area is 116 Å². The van der Waals surface area contributed by atoms with Gasteiger partial charge in [0.25, 0.3) is 0 Å². The first kappa shape index (κ1) is 17.1. The van der Waals surface area contributed by atoms with Crippen LogP contribution in [-0.4, -0.2) is 24.8 Å². The van der Waals surface area contributed by atoms with Crippen molar-refractivity contribution in [3.8, 4) is 0 Å². The number of nitrogens with zero attached hydrogens (tertiary/aromatic N) is 1. The van der Waals surface area contributed by atoms with Crippen molar-refractivity contribution in [2.24, 2.45) is 5.92 Å². The summed E-state index contributed by atoms with van der Waals surface area (Å²) >= 11 is 0. The summed E-state index contributed by atoms with van der Waals surface area (Å²) in [4.78, 5) is 12.1. The van der Waals surface area contributed by atoms with Crippen molar-refractivity contribution in [3.63, 3.8) is 0 Å². The van der Waals surface area contributed by atoms with E-state index in [4.69, 9.17) is 5.73 Å². The largest absolute Gasteiger partial charge is 0.409 e. The summed E-state index contributed by atoms with van der Waals surface area (Å²) in [5, 5.41) is 0. The summed E-state index contributed by atoms with van der Waals surface area (Å²) in [6.45, 7) is 0.879. The molecule has 1 aromatic rings. The van der Waals surface area contributed by atoms with Gasteiger partial charge in [-0.15, -0.1) is 0 Å². The van der Waals surface area contributed by atoms with Gasteiger partial charge in [0, 0.05) is 6.54 Å². The normalized spacial score (nSPS) is 12.6. The summed E-state index contributed by atoms with van der Waals surface area (Å²) in [7, 11) is 0. The quantitative estimate of drug-likeness (QED) is 0.687. The predicted octanol–water partition coefficient (Wildman–Crippen LogP) is 3.36. The summed E-state index contributed by atoms with van der Waals surface area (Å²) < 4.78 is 75.5. The van der Waals surface area contributed by atoms with Crippen LogP contribution in [0.25, 0.3) is 0 Å². The van der Waals surface area contributed by atoms with Gasteiger partial charge in [-0.3, -0.25) is 4.79 Å². The van der Waals surface area contributed by atoms with Crippen molar-refractivity contribution in [1.82, 2.24) is 0 Å². The number of alkyl halides is 6. The van der Waals surface area contributed by atoms with Gasteiger partial charge in [-0.25, -0.2) is 0 Å². The van der Waals surface area contributed by atoms with Gasteiger partial charge < -0.3 is 10.6 Å². The molecule has 1 rings (SSSR count). The molecule has 1 amide bonds. The van der Waals surface area contributed by atoms with Crippen LogP contribution in [0.3, 0.4) is 0 Å². The van der Waals surface area contributed by atoms with E-state index in [0.717, 1.165) is 0 Å². The van der Waals surface area contributed by atoms with E-state index < -0.39 is 24.2 Å². The summed E-state index contributed by atoms with van der Waals surface area (Å²) in [6.07, 6.45) is -11.5. The molecule has 0 aromatic heterocycles. The van der Waals surface area contributed by atoms with E-state index in [2.05, 4.69) is 0 Å². The fourth-order valence-corrected chi connectivity index (χ4v) is 1.80. The lowest BCUT2D eigenvalue weighted by atomic mass is 10.1. The average molecular weight is 314 g/mol. The van der Waals surface area contributed by atoms with Crippen molar-refractivity contribution in [2.45, 2.75) is 19.3 Å². The fourth-order valence-electron chi connectivity index (χ4n) is 1.80. The van der Waals surface area contributed by atoms with E-state index in [1.54, 1.807) is 0 Å². The second-order valence-corrected chi connectivity index (χ2v) is 4.16. The first-order chi connectivity index (χ1) is 9.50. The van der Waals surface area contributed by atoms with Gasteiger partial charge in [0.2, 0.25) is 11.8 Å². The molecule has 0 aliphatic heterocycles. The Bertz CT molecular complexity index is 497. The molecule has 0 aliphatic rings. The molecule has 0 unspecified atom stereocenters. The molecular weight excluding hydrogens is 302 g/mol. The van der Waals surface area contributed by atoms with Gasteiger partial charge >= 0.3 is 12.4 Å². The number of hydrogen-bond donors (Lipinski definition) is 1. The molecule has 118 valence electrons. The molecular formula is C12H12F6N2O. The number of carbonyl (C=O) groups is 1. The van der Waals surface area contributed by atoms with Crippen LogP contribution < -0.4 is 10.6 Å². The van der Waals surface area contributed by atoms with Crippen LogP contribution in [-0.2, 0) is 4.79 Å². The molecule has 2 N–H and O–H groups in total. The maximum Gasteiger partial charge on any atom is 0.409 e. The van der Waals surface area contributed by atoms with Crippen LogP contribution in [0.1, 0.15) is 6.92 Å². The molecule has 9 heteroatoms. The lowest BCUT2D eigenvalue weighted by Crippen LogP contribution is -2.49. The highest BCUT2D eigenvalue weighted by Crippen LogP contribution is 2.41. The Morgan fingerprint density at radius 3 is 2.00 bits per heavy atom. The van der Waals surface area contributed by atoms with Gasteiger partial charge in [-0.1, -0.05) is 12.1 Å². The summed E-state index contributed by atoms with van der Waals surface area (Å²) in [6, 6.07) is 5.27. The Kier molecular flexibility index (Phi) is 4.75. The second kappa shape index (κ2) is 5.82. The van der Waals surface area contributed by atoms with Gasteiger partial charge in [-0.05, 0) is 19.1 Å². The van der Waals surface area contributed by atoms with Crippen LogP contribution >= 0.6 is 0 Å². The number of halogens is 6. The van der Waals surface area contributed by atoms with Crippen LogP contribution in [0.2, 0.25) is 0 Å². The Morgan fingerprint density at radius 2 is 1.62 bits per heavy atom. The molecule has 0 radical (unpaired) electrons. The minimum atomic E-state index is -5.73. The molecule has 0 spiro atoms. The Morgan fingerprint density at radius 1 is 1.14 bits per heavy atom. The van der Waals surface area contributed by atoms with Crippen LogP contribution in [0.5, 0.6) is 0 Å². The van der Waals surface area contributed by atoms with Gasteiger partial charge in [-0.2, -0.15) is 26.3 Å². The third-order valence-electron chi connectivity index (χ3n) is 2.71. The fraction of sp³-hybridized carbons (Fsp3) is 0.417. The van der Waals surface area contributed by atoms with E-state index in [-0.39, 0.29) is 17.9 Å². The molecule has 0 heterocycles. The zero-order chi connectivity index (χ0) is 16.4. The van der Waals surface area contributed by atoms with Crippen LogP contribution in [0.15, 0.2) is 24.3 Å². The highest BCUT2D eigenvalue weighted by Gasteiger charge is 2.62. The average Bonchev–Trinajstić information content (AvgIpc) is 2.28. The third kappa shape index (κ3) is 3.79. The minimum Gasteiger partial charge on any atom is -0.397 e. The number of rotatable bonds is 3. The molecule has 0 saturated heterocycles. The first-order valence-corrected chi connectivity index (χ1v) is 5.79. The van der Waals surface area contributed by atoms with Crippen molar-refractivity contribution in [2.75, 3.05) is 17.2 Å². The Hall–Kier alpha value is -1.93. The van der Waals surface area contributed by atoms with Crippen molar-refractivity contribution < 1.29 is 31.1 Å². The van der Waals surface area contributed by atoms with E-state index in [0.29, 0.717) is 4.90 Å². The second-order valence-electron chi connectivity index (χ2n) is 4.16. The molecule has 0 bridgehead atoms. The monoisotopic (exact) mass is 314 g/mol. The molecule has 0 aliphatic carbocycles. The smallest absolute Gasteiger partial charge is 0.397 e. The SMILES string of the molecule is CCN(C(=O)C(C(F)(F)F)C(F)(F)F)c1ccccc1N. The maximum atomic E-state index is 12.6. The number of carbonyl (C=O) groups excluding carboxylic acids is 1. The number of nitrogens with two attached hydrogens (primary N) is 1. The van der Waals surface area contributed by atoms with Crippen LogP contribution in [0.4, 0.5) is 37.7 Å². The van der Waals surface area contributed by atoms with Crippen LogP contribution in [0, 0.1) is 5.92 Å².